The van der Waals surface area contributed by atoms with Gasteiger partial charge in [0.1, 0.15) is 5.82 Å². The van der Waals surface area contributed by atoms with E-state index in [4.69, 9.17) is 0 Å². The van der Waals surface area contributed by atoms with Gasteiger partial charge in [-0.3, -0.25) is 4.79 Å². The second-order valence-electron chi connectivity index (χ2n) is 10.00. The number of aryl methyl sites for hydroxylation is 2. The molecule has 35 heavy (non-hydrogen) atoms. The molecule has 192 valence electrons. The summed E-state index contributed by atoms with van der Waals surface area (Å²) in [7, 11) is 0. The lowest BCUT2D eigenvalue weighted by atomic mass is 9.92. The minimum Gasteiger partial charge on any atom is -0.371 e. The van der Waals surface area contributed by atoms with Gasteiger partial charge in [-0.1, -0.05) is 19.9 Å². The molecule has 1 spiro atoms. The highest BCUT2D eigenvalue weighted by Crippen LogP contribution is 2.54. The van der Waals surface area contributed by atoms with E-state index >= 15 is 0 Å². The lowest BCUT2D eigenvalue weighted by molar-refractivity contribution is -0.0222. The zero-order valence-corrected chi connectivity index (χ0v) is 21.3. The van der Waals surface area contributed by atoms with Crippen molar-refractivity contribution in [1.82, 2.24) is 9.97 Å². The molecular formula is C27H39F2N5O. The number of aromatic nitrogens is 2. The minimum atomic E-state index is -2.63. The number of rotatable bonds is 4. The van der Waals surface area contributed by atoms with E-state index in [-0.39, 0.29) is 33.3 Å². The third-order valence-electron chi connectivity index (χ3n) is 7.38. The van der Waals surface area contributed by atoms with Crippen LogP contribution in [-0.2, 0) is 0 Å². The Bertz CT molecular complexity index is 1060. The third-order valence-corrected chi connectivity index (χ3v) is 7.38. The summed E-state index contributed by atoms with van der Waals surface area (Å²) in [6, 6.07) is 7.63. The summed E-state index contributed by atoms with van der Waals surface area (Å²) in [4.78, 5) is 26.3. The number of nitrogens with one attached hydrogen (secondary N) is 1. The molecule has 1 saturated carbocycles. The normalized spacial score (nSPS) is 20.2. The van der Waals surface area contributed by atoms with Crippen LogP contribution in [0.15, 0.2) is 24.3 Å². The standard InChI is InChI=1S/C25H31F2N5O.C2H6.H2/c1-17-3-4-19(20(15-17)31-11-7-24(5-6-24)8-12-31)22(33)29-21-16-18(2)28-23(30-21)32-13-9-25(26,27)10-14-32;1-2;/h3-4,15-16H,5-14H2,1-2H3,(H,28,29,30,33);1-2H3;1H. The lowest BCUT2D eigenvalue weighted by Crippen LogP contribution is -2.40. The van der Waals surface area contributed by atoms with Crippen LogP contribution >= 0.6 is 0 Å². The molecule has 1 amide bonds. The number of piperidine rings is 2. The predicted octanol–water partition coefficient (Wildman–Crippen LogP) is 6.23. The van der Waals surface area contributed by atoms with Crippen molar-refractivity contribution in [3.8, 4) is 0 Å². The highest BCUT2D eigenvalue weighted by Gasteiger charge is 2.44. The van der Waals surface area contributed by atoms with Crippen LogP contribution in [0.3, 0.4) is 0 Å². The van der Waals surface area contributed by atoms with E-state index in [0.29, 0.717) is 28.4 Å². The van der Waals surface area contributed by atoms with Crippen molar-refractivity contribution >= 4 is 23.4 Å². The average Bonchev–Trinajstić information content (AvgIpc) is 3.59. The zero-order valence-electron chi connectivity index (χ0n) is 21.3. The highest BCUT2D eigenvalue weighted by molar-refractivity contribution is 6.08. The maximum atomic E-state index is 13.5. The van der Waals surface area contributed by atoms with Gasteiger partial charge in [-0.15, -0.1) is 0 Å². The first-order chi connectivity index (χ1) is 16.7. The monoisotopic (exact) mass is 487 g/mol. The van der Waals surface area contributed by atoms with Gasteiger partial charge in [-0.25, -0.2) is 13.8 Å². The van der Waals surface area contributed by atoms with Gasteiger partial charge in [0.25, 0.3) is 11.8 Å². The van der Waals surface area contributed by atoms with Crippen molar-refractivity contribution < 1.29 is 15.0 Å². The highest BCUT2D eigenvalue weighted by atomic mass is 19.3. The average molecular weight is 488 g/mol. The molecular weight excluding hydrogens is 448 g/mol. The Labute approximate surface area is 208 Å². The van der Waals surface area contributed by atoms with Crippen molar-refractivity contribution in [3.63, 3.8) is 0 Å². The number of hydrogen-bond donors (Lipinski definition) is 1. The van der Waals surface area contributed by atoms with Crippen LogP contribution in [0, 0.1) is 19.3 Å². The number of carbonyl (C=O) groups excluding carboxylic acids is 1. The van der Waals surface area contributed by atoms with Crippen molar-refractivity contribution in [2.24, 2.45) is 5.41 Å². The molecule has 3 fully saturated rings. The van der Waals surface area contributed by atoms with Gasteiger partial charge < -0.3 is 15.1 Å². The number of hydrogen-bond acceptors (Lipinski definition) is 5. The Morgan fingerprint density at radius 3 is 2.17 bits per heavy atom. The van der Waals surface area contributed by atoms with E-state index in [2.05, 4.69) is 26.3 Å². The Morgan fingerprint density at radius 2 is 1.54 bits per heavy atom. The van der Waals surface area contributed by atoms with Gasteiger partial charge in [0, 0.05) is 57.9 Å². The van der Waals surface area contributed by atoms with E-state index in [1.807, 2.05) is 39.8 Å². The molecule has 1 aromatic heterocycles. The molecule has 0 unspecified atom stereocenters. The Balaban J connectivity index is 0.00000117. The molecule has 1 aliphatic carbocycles. The van der Waals surface area contributed by atoms with Crippen molar-refractivity contribution in [3.05, 3.63) is 41.1 Å². The number of halogens is 2. The SMILES string of the molecule is CC.Cc1ccc(C(=O)Nc2cc(C)nc(N3CCC(F)(F)CC3)n2)c(N2CCC3(CC2)CC3)c1.[HH]. The van der Waals surface area contributed by atoms with Gasteiger partial charge in [0.05, 0.1) is 5.56 Å². The van der Waals surface area contributed by atoms with Crippen LogP contribution in [0.2, 0.25) is 0 Å². The van der Waals surface area contributed by atoms with Crippen LogP contribution in [0.25, 0.3) is 0 Å². The molecule has 3 heterocycles. The number of anilines is 3. The fourth-order valence-corrected chi connectivity index (χ4v) is 4.97. The first-order valence-electron chi connectivity index (χ1n) is 12.9. The molecule has 6 nitrogen and oxygen atoms in total. The summed E-state index contributed by atoms with van der Waals surface area (Å²) in [5.41, 5.74) is 3.96. The van der Waals surface area contributed by atoms with E-state index in [9.17, 15) is 13.6 Å². The summed E-state index contributed by atoms with van der Waals surface area (Å²) >= 11 is 0. The van der Waals surface area contributed by atoms with Crippen molar-refractivity contribution in [1.29, 1.82) is 0 Å². The molecule has 0 radical (unpaired) electrons. The van der Waals surface area contributed by atoms with Crippen LogP contribution in [-0.4, -0.2) is 48.0 Å². The first-order valence-corrected chi connectivity index (χ1v) is 12.9. The number of carbonyl (C=O) groups is 1. The maximum absolute atomic E-state index is 13.5. The Morgan fingerprint density at radius 1 is 0.914 bits per heavy atom. The van der Waals surface area contributed by atoms with Crippen LogP contribution in [0.5, 0.6) is 0 Å². The summed E-state index contributed by atoms with van der Waals surface area (Å²) in [5.74, 6) is -2.07. The van der Waals surface area contributed by atoms with Crippen LogP contribution in [0.4, 0.5) is 26.2 Å². The van der Waals surface area contributed by atoms with Crippen molar-refractivity contribution in [2.75, 3.05) is 41.3 Å². The van der Waals surface area contributed by atoms with E-state index in [1.54, 1.807) is 11.0 Å². The molecule has 0 atom stereocenters. The van der Waals surface area contributed by atoms with Gasteiger partial charge in [-0.2, -0.15) is 4.98 Å². The lowest BCUT2D eigenvalue weighted by Gasteiger charge is -2.35. The van der Waals surface area contributed by atoms with Crippen LogP contribution < -0.4 is 15.1 Å². The fraction of sp³-hybridized carbons (Fsp3) is 0.593. The molecule has 8 heteroatoms. The summed E-state index contributed by atoms with van der Waals surface area (Å²) in [5, 5.41) is 2.93. The molecule has 2 saturated heterocycles. The molecule has 2 aromatic rings. The van der Waals surface area contributed by atoms with E-state index in [1.165, 1.54) is 25.7 Å². The quantitative estimate of drug-likeness (QED) is 0.554. The predicted molar refractivity (Wildman–Crippen MR) is 139 cm³/mol. The molecule has 0 bridgehead atoms. The summed E-state index contributed by atoms with van der Waals surface area (Å²) < 4.78 is 27.1. The third kappa shape index (κ3) is 5.90. The number of benzene rings is 1. The summed E-state index contributed by atoms with van der Waals surface area (Å²) in [6.07, 6.45) is 4.63. The van der Waals surface area contributed by atoms with Crippen molar-refractivity contribution in [2.45, 2.75) is 72.1 Å². The van der Waals surface area contributed by atoms with Gasteiger partial charge in [-0.05, 0) is 62.6 Å². The second kappa shape index (κ2) is 10.1. The Hall–Kier alpha value is -2.77. The minimum absolute atomic E-state index is 0. The van der Waals surface area contributed by atoms with E-state index in [0.717, 1.165) is 24.3 Å². The molecule has 3 aliphatic rings. The fourth-order valence-electron chi connectivity index (χ4n) is 4.97. The molecule has 5 rings (SSSR count). The Kier molecular flexibility index (Phi) is 7.29. The van der Waals surface area contributed by atoms with Gasteiger partial charge in [0.15, 0.2) is 0 Å². The maximum Gasteiger partial charge on any atom is 0.258 e. The summed E-state index contributed by atoms with van der Waals surface area (Å²) in [6.45, 7) is 10.2. The largest absolute Gasteiger partial charge is 0.371 e. The smallest absolute Gasteiger partial charge is 0.258 e. The van der Waals surface area contributed by atoms with E-state index < -0.39 is 5.92 Å². The zero-order chi connectivity index (χ0) is 25.2. The van der Waals surface area contributed by atoms with Gasteiger partial charge >= 0.3 is 0 Å². The second-order valence-corrected chi connectivity index (χ2v) is 10.00. The van der Waals surface area contributed by atoms with Crippen LogP contribution in [0.1, 0.15) is 75.4 Å². The first kappa shape index (κ1) is 25.3. The number of nitrogens with zero attached hydrogens (tertiary/aromatic N) is 4. The topological polar surface area (TPSA) is 61.4 Å². The van der Waals surface area contributed by atoms with Gasteiger partial charge in [0.2, 0.25) is 5.95 Å². The molecule has 2 aliphatic heterocycles. The molecule has 1 aromatic carbocycles. The molecule has 1 N–H and O–H groups in total. The number of amides is 1. The number of alkyl halides is 2.